The number of alkyl halides is 3. The number of fused-ring (bicyclic) bond motifs is 1. The topological polar surface area (TPSA) is 64.1 Å². The van der Waals surface area contributed by atoms with Crippen molar-refractivity contribution in [3.05, 3.63) is 30.1 Å². The highest BCUT2D eigenvalue weighted by Crippen LogP contribution is 2.33. The van der Waals surface area contributed by atoms with Crippen molar-refractivity contribution in [2.24, 2.45) is 0 Å². The molecule has 2 atom stereocenters. The number of carbonyl (C=O) groups is 1. The summed E-state index contributed by atoms with van der Waals surface area (Å²) in [5, 5.41) is 2.82. The molecule has 140 valence electrons. The number of benzene rings is 1. The van der Waals surface area contributed by atoms with Crippen LogP contribution < -0.4 is 5.32 Å². The summed E-state index contributed by atoms with van der Waals surface area (Å²) in [7, 11) is 0. The lowest BCUT2D eigenvalue weighted by Gasteiger charge is -2.16. The molecule has 1 N–H and O–H groups in total. The number of para-hydroxylation sites is 1. The van der Waals surface area contributed by atoms with Gasteiger partial charge in [0.2, 0.25) is 11.7 Å². The molecule has 0 unspecified atom stereocenters. The zero-order valence-corrected chi connectivity index (χ0v) is 14.9. The van der Waals surface area contributed by atoms with Crippen molar-refractivity contribution in [2.75, 3.05) is 13.2 Å². The second kappa shape index (κ2) is 7.79. The monoisotopic (exact) mass is 385 g/mol. The molecule has 1 aliphatic heterocycles. The molecule has 1 aromatic heterocycles. The summed E-state index contributed by atoms with van der Waals surface area (Å²) in [4.78, 5) is 19.5. The van der Waals surface area contributed by atoms with Gasteiger partial charge in [-0.05, 0) is 25.8 Å². The molecule has 2 aromatic rings. The molecule has 0 bridgehead atoms. The Hall–Kier alpha value is -1.87. The summed E-state index contributed by atoms with van der Waals surface area (Å²) >= 11 is 0.990. The molecule has 0 spiro atoms. The van der Waals surface area contributed by atoms with E-state index < -0.39 is 17.3 Å². The van der Waals surface area contributed by atoms with E-state index in [-0.39, 0.29) is 22.6 Å². The van der Waals surface area contributed by atoms with Gasteiger partial charge in [0.05, 0.1) is 16.9 Å². The van der Waals surface area contributed by atoms with Crippen molar-refractivity contribution >= 4 is 28.6 Å². The zero-order chi connectivity index (χ0) is 18.7. The zero-order valence-electron chi connectivity index (χ0n) is 14.0. The minimum absolute atomic E-state index is 0.00728. The van der Waals surface area contributed by atoms with Gasteiger partial charge in [-0.2, -0.15) is 13.2 Å². The number of halogens is 3. The van der Waals surface area contributed by atoms with Gasteiger partial charge in [0, 0.05) is 18.5 Å². The van der Waals surface area contributed by atoms with Gasteiger partial charge in [-0.1, -0.05) is 30.0 Å². The summed E-state index contributed by atoms with van der Waals surface area (Å²) in [6.07, 6.45) is -2.77. The van der Waals surface area contributed by atoms with Crippen molar-refractivity contribution in [3.63, 3.8) is 0 Å². The highest BCUT2D eigenvalue weighted by atomic mass is 32.2. The number of thioether (sulfide) groups is 1. The maximum absolute atomic E-state index is 13.1. The number of hydrogen-bond donors (Lipinski definition) is 1. The molecule has 5 nitrogen and oxygen atoms in total. The van der Waals surface area contributed by atoms with Gasteiger partial charge in [-0.3, -0.25) is 4.79 Å². The molecule has 1 aliphatic rings. The molecule has 0 saturated carbocycles. The summed E-state index contributed by atoms with van der Waals surface area (Å²) in [6.45, 7) is 2.74. The number of nitrogens with zero attached hydrogens (tertiary/aromatic N) is 2. The number of aromatic nitrogens is 2. The van der Waals surface area contributed by atoms with E-state index in [0.29, 0.717) is 18.5 Å². The average molecular weight is 385 g/mol. The van der Waals surface area contributed by atoms with Crippen LogP contribution in [0.2, 0.25) is 0 Å². The summed E-state index contributed by atoms with van der Waals surface area (Å²) in [5.41, 5.74) is 0.198. The average Bonchev–Trinajstić information content (AvgIpc) is 3.12. The molecule has 3 rings (SSSR count). The third-order valence-electron chi connectivity index (χ3n) is 4.01. The van der Waals surface area contributed by atoms with Crippen LogP contribution in [0.15, 0.2) is 29.3 Å². The Morgan fingerprint density at radius 2 is 2.15 bits per heavy atom. The maximum Gasteiger partial charge on any atom is 0.451 e. The lowest BCUT2D eigenvalue weighted by molar-refractivity contribution is -0.145. The van der Waals surface area contributed by atoms with Crippen LogP contribution in [-0.2, 0) is 15.7 Å². The second-order valence-corrected chi connectivity index (χ2v) is 7.34. The highest BCUT2D eigenvalue weighted by Gasteiger charge is 2.36. The van der Waals surface area contributed by atoms with Crippen molar-refractivity contribution < 1.29 is 22.7 Å². The predicted molar refractivity (Wildman–Crippen MR) is 91.8 cm³/mol. The third kappa shape index (κ3) is 4.45. The van der Waals surface area contributed by atoms with Gasteiger partial charge < -0.3 is 10.1 Å². The van der Waals surface area contributed by atoms with E-state index in [1.54, 1.807) is 25.1 Å². The van der Waals surface area contributed by atoms with Crippen LogP contribution in [-0.4, -0.2) is 40.4 Å². The number of ether oxygens (including phenoxy) is 1. The number of carbonyl (C=O) groups excluding carboxylic acids is 1. The standard InChI is InChI=1S/C17H18F3N3O2S/c1-10(14(24)21-9-11-5-4-8-25-11)26-15-12-6-2-3-7-13(12)22-16(23-15)17(18,19)20/h2-3,6-7,10-11H,4-5,8-9H2,1H3,(H,21,24)/t10-,11+/m1/s1. The van der Waals surface area contributed by atoms with Crippen molar-refractivity contribution in [3.8, 4) is 0 Å². The Morgan fingerprint density at radius 1 is 1.38 bits per heavy atom. The molecule has 1 amide bonds. The number of amides is 1. The molecule has 1 aromatic carbocycles. The number of nitrogens with one attached hydrogen (secondary N) is 1. The van der Waals surface area contributed by atoms with E-state index in [2.05, 4.69) is 15.3 Å². The molecule has 9 heteroatoms. The van der Waals surface area contributed by atoms with E-state index in [4.69, 9.17) is 4.74 Å². The van der Waals surface area contributed by atoms with Gasteiger partial charge in [0.25, 0.3) is 0 Å². The SMILES string of the molecule is C[C@@H](Sc1nc(C(F)(F)F)nc2ccccc12)C(=O)NC[C@@H]1CCCO1. The molecular formula is C17H18F3N3O2S. The van der Waals surface area contributed by atoms with Crippen LogP contribution in [0.4, 0.5) is 13.2 Å². The first kappa shape index (κ1) is 18.9. The van der Waals surface area contributed by atoms with Crippen LogP contribution in [0.3, 0.4) is 0 Å². The normalized spacial score (nSPS) is 18.8. The molecule has 26 heavy (non-hydrogen) atoms. The van der Waals surface area contributed by atoms with Crippen LogP contribution in [0.1, 0.15) is 25.6 Å². The molecule has 1 fully saturated rings. The van der Waals surface area contributed by atoms with E-state index in [1.807, 2.05) is 0 Å². The maximum atomic E-state index is 13.1. The molecule has 0 radical (unpaired) electrons. The molecule has 0 aliphatic carbocycles. The lowest BCUT2D eigenvalue weighted by Crippen LogP contribution is -2.36. The first-order valence-electron chi connectivity index (χ1n) is 8.24. The van der Waals surface area contributed by atoms with Crippen LogP contribution in [0, 0.1) is 0 Å². The van der Waals surface area contributed by atoms with Gasteiger partial charge in [-0.15, -0.1) is 0 Å². The minimum Gasteiger partial charge on any atom is -0.376 e. The predicted octanol–water partition coefficient (Wildman–Crippen LogP) is 3.42. The highest BCUT2D eigenvalue weighted by molar-refractivity contribution is 8.00. The van der Waals surface area contributed by atoms with Crippen LogP contribution in [0.5, 0.6) is 0 Å². The summed E-state index contributed by atoms with van der Waals surface area (Å²) < 4.78 is 44.6. The van der Waals surface area contributed by atoms with E-state index in [0.717, 1.165) is 24.6 Å². The van der Waals surface area contributed by atoms with Gasteiger partial charge in [-0.25, -0.2) is 9.97 Å². The van der Waals surface area contributed by atoms with Crippen molar-refractivity contribution in [1.29, 1.82) is 0 Å². The van der Waals surface area contributed by atoms with E-state index >= 15 is 0 Å². The first-order chi connectivity index (χ1) is 12.3. The van der Waals surface area contributed by atoms with Crippen molar-refractivity contribution in [2.45, 2.75) is 42.3 Å². The largest absolute Gasteiger partial charge is 0.451 e. The number of hydrogen-bond acceptors (Lipinski definition) is 5. The first-order valence-corrected chi connectivity index (χ1v) is 9.12. The quantitative estimate of drug-likeness (QED) is 0.631. The van der Waals surface area contributed by atoms with Crippen LogP contribution >= 0.6 is 11.8 Å². The summed E-state index contributed by atoms with van der Waals surface area (Å²) in [5.74, 6) is -1.47. The second-order valence-electron chi connectivity index (χ2n) is 6.01. The van der Waals surface area contributed by atoms with E-state index in [9.17, 15) is 18.0 Å². The Balaban J connectivity index is 1.77. The Morgan fingerprint density at radius 3 is 2.85 bits per heavy atom. The fourth-order valence-corrected chi connectivity index (χ4v) is 3.61. The minimum atomic E-state index is -4.65. The third-order valence-corrected chi connectivity index (χ3v) is 5.11. The Labute approximate surface area is 152 Å². The number of rotatable bonds is 5. The molecule has 2 heterocycles. The Bertz CT molecular complexity index is 794. The fraction of sp³-hybridized carbons (Fsp3) is 0.471. The lowest BCUT2D eigenvalue weighted by atomic mass is 10.2. The Kier molecular flexibility index (Phi) is 5.67. The van der Waals surface area contributed by atoms with Gasteiger partial charge >= 0.3 is 6.18 Å². The smallest absolute Gasteiger partial charge is 0.376 e. The van der Waals surface area contributed by atoms with Crippen molar-refractivity contribution in [1.82, 2.24) is 15.3 Å². The van der Waals surface area contributed by atoms with Gasteiger partial charge in [0.15, 0.2) is 0 Å². The molecule has 1 saturated heterocycles. The van der Waals surface area contributed by atoms with Crippen LogP contribution in [0.25, 0.3) is 10.9 Å². The molecular weight excluding hydrogens is 367 g/mol. The fourth-order valence-electron chi connectivity index (χ4n) is 2.65. The van der Waals surface area contributed by atoms with Gasteiger partial charge in [0.1, 0.15) is 5.03 Å². The van der Waals surface area contributed by atoms with E-state index in [1.165, 1.54) is 6.07 Å². The summed E-state index contributed by atoms with van der Waals surface area (Å²) in [6, 6.07) is 6.46.